The van der Waals surface area contributed by atoms with Crippen LogP contribution in [0.15, 0.2) is 48.5 Å². The zero-order chi connectivity index (χ0) is 17.7. The quantitative estimate of drug-likeness (QED) is 0.879. The van der Waals surface area contributed by atoms with E-state index in [2.05, 4.69) is 5.32 Å². The number of para-hydroxylation sites is 1. The van der Waals surface area contributed by atoms with Crippen LogP contribution in [0.25, 0.3) is 0 Å². The molecule has 3 N–H and O–H groups in total. The first-order chi connectivity index (χ1) is 11.3. The second-order valence-electron chi connectivity index (χ2n) is 4.78. The molecule has 8 heteroatoms. The lowest BCUT2D eigenvalue weighted by Gasteiger charge is -2.13. The third-order valence-corrected chi connectivity index (χ3v) is 2.98. The third-order valence-electron chi connectivity index (χ3n) is 2.98. The summed E-state index contributed by atoms with van der Waals surface area (Å²) in [4.78, 5) is 22.9. The summed E-state index contributed by atoms with van der Waals surface area (Å²) in [5.41, 5.74) is 4.63. The molecule has 0 aliphatic heterocycles. The molecule has 0 radical (unpaired) electrons. The Hall–Kier alpha value is -3.03. The molecule has 0 fully saturated rings. The van der Waals surface area contributed by atoms with Gasteiger partial charge in [0.25, 0.3) is 5.91 Å². The predicted octanol–water partition coefficient (Wildman–Crippen LogP) is 2.82. The minimum absolute atomic E-state index is 0.191. The smallest absolute Gasteiger partial charge is 0.419 e. The van der Waals surface area contributed by atoms with E-state index >= 15 is 0 Å². The Bertz CT molecular complexity index is 760. The summed E-state index contributed by atoms with van der Waals surface area (Å²) in [6.45, 7) is -0.617. The fourth-order valence-electron chi connectivity index (χ4n) is 1.92. The molecule has 0 saturated heterocycles. The van der Waals surface area contributed by atoms with Crippen LogP contribution in [-0.4, -0.2) is 18.4 Å². The van der Waals surface area contributed by atoms with Crippen LogP contribution >= 0.6 is 0 Å². The lowest BCUT2D eigenvalue weighted by Crippen LogP contribution is -2.21. The molecule has 0 saturated carbocycles. The molecule has 0 atom stereocenters. The van der Waals surface area contributed by atoms with Crippen molar-refractivity contribution in [2.24, 2.45) is 5.73 Å². The third kappa shape index (κ3) is 4.48. The second kappa shape index (κ2) is 7.03. The standard InChI is InChI=1S/C16H13F3N2O3/c17-16(18,19)12-6-1-2-7-13(12)24-9-14(22)21-11-5-3-4-10(8-11)15(20)23/h1-8H,9H2,(H2,20,23)(H,21,22). The van der Waals surface area contributed by atoms with Gasteiger partial charge in [-0.1, -0.05) is 18.2 Å². The number of ether oxygens (including phenoxy) is 1. The van der Waals surface area contributed by atoms with Crippen LogP contribution in [-0.2, 0) is 11.0 Å². The van der Waals surface area contributed by atoms with E-state index in [-0.39, 0.29) is 11.3 Å². The molecular weight excluding hydrogens is 325 g/mol. The minimum atomic E-state index is -4.58. The number of carbonyl (C=O) groups is 2. The number of rotatable bonds is 5. The van der Waals surface area contributed by atoms with Crippen molar-refractivity contribution in [3.8, 4) is 5.75 Å². The number of hydrogen-bond acceptors (Lipinski definition) is 3. The van der Waals surface area contributed by atoms with E-state index in [0.717, 1.165) is 12.1 Å². The van der Waals surface area contributed by atoms with Crippen molar-refractivity contribution >= 4 is 17.5 Å². The monoisotopic (exact) mass is 338 g/mol. The Balaban J connectivity index is 2.02. The number of nitrogens with two attached hydrogens (primary N) is 1. The molecular formula is C16H13F3N2O3. The van der Waals surface area contributed by atoms with Crippen LogP contribution in [0.2, 0.25) is 0 Å². The molecule has 2 amide bonds. The highest BCUT2D eigenvalue weighted by Gasteiger charge is 2.34. The minimum Gasteiger partial charge on any atom is -0.483 e. The summed E-state index contributed by atoms with van der Waals surface area (Å²) in [7, 11) is 0. The van der Waals surface area contributed by atoms with Crippen molar-refractivity contribution < 1.29 is 27.5 Å². The van der Waals surface area contributed by atoms with Crippen LogP contribution in [0.3, 0.4) is 0 Å². The molecule has 0 aromatic heterocycles. The second-order valence-corrected chi connectivity index (χ2v) is 4.78. The fraction of sp³-hybridized carbons (Fsp3) is 0.125. The summed E-state index contributed by atoms with van der Waals surface area (Å²) in [5.74, 6) is -1.78. The maximum atomic E-state index is 12.8. The van der Waals surface area contributed by atoms with Gasteiger partial charge in [0.05, 0.1) is 5.56 Å². The molecule has 0 aliphatic carbocycles. The van der Waals surface area contributed by atoms with Gasteiger partial charge in [0, 0.05) is 11.3 Å². The van der Waals surface area contributed by atoms with E-state index in [1.54, 1.807) is 0 Å². The number of alkyl halides is 3. The molecule has 0 heterocycles. The Labute approximate surface area is 135 Å². The highest BCUT2D eigenvalue weighted by Crippen LogP contribution is 2.35. The number of hydrogen-bond donors (Lipinski definition) is 2. The average Bonchev–Trinajstić information content (AvgIpc) is 2.52. The van der Waals surface area contributed by atoms with Crippen molar-refractivity contribution in [2.45, 2.75) is 6.18 Å². The van der Waals surface area contributed by atoms with Gasteiger partial charge < -0.3 is 15.8 Å². The Morgan fingerprint density at radius 3 is 2.46 bits per heavy atom. The summed E-state index contributed by atoms with van der Waals surface area (Å²) in [6.07, 6.45) is -4.58. The Morgan fingerprint density at radius 2 is 1.79 bits per heavy atom. The van der Waals surface area contributed by atoms with Gasteiger partial charge in [-0.15, -0.1) is 0 Å². The molecule has 24 heavy (non-hydrogen) atoms. The number of carbonyl (C=O) groups excluding carboxylic acids is 2. The fourth-order valence-corrected chi connectivity index (χ4v) is 1.92. The molecule has 0 bridgehead atoms. The van der Waals surface area contributed by atoms with Crippen molar-refractivity contribution in [3.63, 3.8) is 0 Å². The summed E-state index contributed by atoms with van der Waals surface area (Å²) in [6, 6.07) is 10.4. The topological polar surface area (TPSA) is 81.4 Å². The molecule has 5 nitrogen and oxygen atoms in total. The molecule has 0 unspecified atom stereocenters. The first kappa shape index (κ1) is 17.3. The zero-order valence-corrected chi connectivity index (χ0v) is 12.3. The molecule has 126 valence electrons. The number of primary amides is 1. The molecule has 0 aliphatic rings. The molecule has 2 aromatic carbocycles. The maximum Gasteiger partial charge on any atom is 0.419 e. The van der Waals surface area contributed by atoms with Crippen LogP contribution in [0.4, 0.5) is 18.9 Å². The highest BCUT2D eigenvalue weighted by molar-refractivity contribution is 5.96. The van der Waals surface area contributed by atoms with E-state index in [4.69, 9.17) is 10.5 Å². The summed E-state index contributed by atoms with van der Waals surface area (Å²) < 4.78 is 43.4. The van der Waals surface area contributed by atoms with E-state index in [1.165, 1.54) is 36.4 Å². The van der Waals surface area contributed by atoms with Gasteiger partial charge in [0.2, 0.25) is 5.91 Å². The molecule has 2 rings (SSSR count). The van der Waals surface area contributed by atoms with Crippen LogP contribution in [0.5, 0.6) is 5.75 Å². The average molecular weight is 338 g/mol. The van der Waals surface area contributed by atoms with Crippen LogP contribution in [0.1, 0.15) is 15.9 Å². The van der Waals surface area contributed by atoms with Gasteiger partial charge in [-0.05, 0) is 30.3 Å². The normalized spacial score (nSPS) is 11.0. The number of halogens is 3. The molecule has 0 spiro atoms. The first-order valence-corrected chi connectivity index (χ1v) is 6.76. The lowest BCUT2D eigenvalue weighted by atomic mass is 10.2. The Morgan fingerprint density at radius 1 is 1.08 bits per heavy atom. The Kier molecular flexibility index (Phi) is 5.08. The number of benzene rings is 2. The van der Waals surface area contributed by atoms with Crippen LogP contribution < -0.4 is 15.8 Å². The van der Waals surface area contributed by atoms with Crippen molar-refractivity contribution in [1.82, 2.24) is 0 Å². The van der Waals surface area contributed by atoms with Crippen molar-refractivity contribution in [2.75, 3.05) is 11.9 Å². The maximum absolute atomic E-state index is 12.8. The van der Waals surface area contributed by atoms with Crippen LogP contribution in [0, 0.1) is 0 Å². The van der Waals surface area contributed by atoms with Gasteiger partial charge in [0.15, 0.2) is 6.61 Å². The highest BCUT2D eigenvalue weighted by atomic mass is 19.4. The SMILES string of the molecule is NC(=O)c1cccc(NC(=O)COc2ccccc2C(F)(F)F)c1. The lowest BCUT2D eigenvalue weighted by molar-refractivity contribution is -0.139. The van der Waals surface area contributed by atoms with Gasteiger partial charge in [-0.25, -0.2) is 0 Å². The van der Waals surface area contributed by atoms with Gasteiger partial charge >= 0.3 is 6.18 Å². The number of nitrogens with one attached hydrogen (secondary N) is 1. The molecule has 2 aromatic rings. The van der Waals surface area contributed by atoms with Crippen molar-refractivity contribution in [3.05, 3.63) is 59.7 Å². The number of anilines is 1. The largest absolute Gasteiger partial charge is 0.483 e. The summed E-state index contributed by atoms with van der Waals surface area (Å²) in [5, 5.41) is 2.41. The number of amides is 2. The van der Waals surface area contributed by atoms with E-state index in [1.807, 2.05) is 0 Å². The van der Waals surface area contributed by atoms with Gasteiger partial charge in [-0.2, -0.15) is 13.2 Å². The van der Waals surface area contributed by atoms with E-state index in [0.29, 0.717) is 0 Å². The van der Waals surface area contributed by atoms with Gasteiger partial charge in [-0.3, -0.25) is 9.59 Å². The first-order valence-electron chi connectivity index (χ1n) is 6.76. The summed E-state index contributed by atoms with van der Waals surface area (Å²) >= 11 is 0. The predicted molar refractivity (Wildman–Crippen MR) is 80.5 cm³/mol. The van der Waals surface area contributed by atoms with E-state index < -0.39 is 35.9 Å². The van der Waals surface area contributed by atoms with Crippen molar-refractivity contribution in [1.29, 1.82) is 0 Å². The zero-order valence-electron chi connectivity index (χ0n) is 12.3. The van der Waals surface area contributed by atoms with E-state index in [9.17, 15) is 22.8 Å². The van der Waals surface area contributed by atoms with Gasteiger partial charge in [0.1, 0.15) is 5.75 Å².